The van der Waals surface area contributed by atoms with Crippen molar-refractivity contribution < 1.29 is 17.9 Å². The third kappa shape index (κ3) is 6.85. The van der Waals surface area contributed by atoms with Crippen LogP contribution in [0.4, 0.5) is 0 Å². The standard InChI is InChI=1S/C8H17NO4S/c1-13-8(10)7-14(11,12)6-4-2-3-5-9/h2-7,9H2,1H3. The zero-order chi connectivity index (χ0) is 11.0. The second kappa shape index (κ2) is 6.78. The van der Waals surface area contributed by atoms with Gasteiger partial charge in [-0.15, -0.1) is 0 Å². The lowest BCUT2D eigenvalue weighted by atomic mass is 10.2. The smallest absolute Gasteiger partial charge is 0.320 e. The molecule has 0 saturated carbocycles. The van der Waals surface area contributed by atoms with Crippen LogP contribution in [-0.2, 0) is 19.4 Å². The van der Waals surface area contributed by atoms with E-state index in [1.54, 1.807) is 0 Å². The number of hydrogen-bond donors (Lipinski definition) is 1. The monoisotopic (exact) mass is 223 g/mol. The number of sulfone groups is 1. The van der Waals surface area contributed by atoms with Crippen LogP contribution in [0.15, 0.2) is 0 Å². The third-order valence-electron chi connectivity index (χ3n) is 1.72. The molecular formula is C8H17NO4S. The maximum Gasteiger partial charge on any atom is 0.320 e. The molecule has 0 fully saturated rings. The Morgan fingerprint density at radius 2 is 1.93 bits per heavy atom. The van der Waals surface area contributed by atoms with E-state index in [-0.39, 0.29) is 5.75 Å². The number of unbranched alkanes of at least 4 members (excludes halogenated alkanes) is 2. The molecule has 0 aromatic rings. The number of carbonyl (C=O) groups is 1. The van der Waals surface area contributed by atoms with Gasteiger partial charge in [-0.25, -0.2) is 8.42 Å². The minimum absolute atomic E-state index is 0.0299. The molecule has 0 aliphatic rings. The quantitative estimate of drug-likeness (QED) is 0.473. The highest BCUT2D eigenvalue weighted by atomic mass is 32.2. The Hall–Kier alpha value is -0.620. The molecule has 5 nitrogen and oxygen atoms in total. The van der Waals surface area contributed by atoms with Crippen LogP contribution < -0.4 is 5.73 Å². The number of rotatable bonds is 7. The lowest BCUT2D eigenvalue weighted by molar-refractivity contribution is -0.137. The first-order valence-electron chi connectivity index (χ1n) is 4.49. The SMILES string of the molecule is COC(=O)CS(=O)(=O)CCCCCN. The zero-order valence-corrected chi connectivity index (χ0v) is 9.18. The fourth-order valence-electron chi connectivity index (χ4n) is 0.954. The number of hydrogen-bond acceptors (Lipinski definition) is 5. The van der Waals surface area contributed by atoms with Gasteiger partial charge < -0.3 is 10.5 Å². The van der Waals surface area contributed by atoms with Crippen LogP contribution >= 0.6 is 0 Å². The summed E-state index contributed by atoms with van der Waals surface area (Å²) in [6.45, 7) is 0.567. The largest absolute Gasteiger partial charge is 0.468 e. The first-order valence-corrected chi connectivity index (χ1v) is 6.31. The fraction of sp³-hybridized carbons (Fsp3) is 0.875. The van der Waals surface area contributed by atoms with Gasteiger partial charge in [-0.1, -0.05) is 6.42 Å². The molecule has 0 heterocycles. The van der Waals surface area contributed by atoms with Crippen LogP contribution in [0.3, 0.4) is 0 Å². The van der Waals surface area contributed by atoms with E-state index in [0.29, 0.717) is 13.0 Å². The van der Waals surface area contributed by atoms with Crippen LogP contribution in [0.5, 0.6) is 0 Å². The first kappa shape index (κ1) is 13.4. The van der Waals surface area contributed by atoms with Crippen molar-refractivity contribution in [2.24, 2.45) is 5.73 Å². The van der Waals surface area contributed by atoms with Crippen LogP contribution in [0.1, 0.15) is 19.3 Å². The van der Waals surface area contributed by atoms with Crippen molar-refractivity contribution >= 4 is 15.8 Å². The maximum absolute atomic E-state index is 11.2. The van der Waals surface area contributed by atoms with Gasteiger partial charge >= 0.3 is 5.97 Å². The van der Waals surface area contributed by atoms with Gasteiger partial charge in [-0.05, 0) is 19.4 Å². The summed E-state index contributed by atoms with van der Waals surface area (Å²) in [4.78, 5) is 10.7. The number of esters is 1. The van der Waals surface area contributed by atoms with Gasteiger partial charge in [0.15, 0.2) is 9.84 Å². The van der Waals surface area contributed by atoms with Gasteiger partial charge in [0.25, 0.3) is 0 Å². The first-order chi connectivity index (χ1) is 6.52. The molecule has 0 aromatic heterocycles. The van der Waals surface area contributed by atoms with Crippen molar-refractivity contribution in [1.29, 1.82) is 0 Å². The van der Waals surface area contributed by atoms with E-state index in [4.69, 9.17) is 5.73 Å². The summed E-state index contributed by atoms with van der Waals surface area (Å²) in [5.41, 5.74) is 5.26. The van der Waals surface area contributed by atoms with Crippen molar-refractivity contribution in [2.75, 3.05) is 25.2 Å². The van der Waals surface area contributed by atoms with E-state index in [1.165, 1.54) is 7.11 Å². The van der Waals surface area contributed by atoms with E-state index in [0.717, 1.165) is 12.8 Å². The number of nitrogens with two attached hydrogens (primary N) is 1. The molecule has 0 unspecified atom stereocenters. The van der Waals surface area contributed by atoms with Crippen molar-refractivity contribution in [3.8, 4) is 0 Å². The highest BCUT2D eigenvalue weighted by molar-refractivity contribution is 7.92. The van der Waals surface area contributed by atoms with E-state index in [2.05, 4.69) is 4.74 Å². The number of ether oxygens (including phenoxy) is 1. The van der Waals surface area contributed by atoms with Gasteiger partial charge in [0.05, 0.1) is 12.9 Å². The Labute approximate surface area is 84.5 Å². The summed E-state index contributed by atoms with van der Waals surface area (Å²) in [5.74, 6) is -1.20. The highest BCUT2D eigenvalue weighted by Gasteiger charge is 2.16. The molecule has 6 heteroatoms. The number of carbonyl (C=O) groups excluding carboxylic acids is 1. The highest BCUT2D eigenvalue weighted by Crippen LogP contribution is 2.00. The van der Waals surface area contributed by atoms with Crippen LogP contribution in [0, 0.1) is 0 Å². The predicted molar refractivity (Wildman–Crippen MR) is 53.6 cm³/mol. The van der Waals surface area contributed by atoms with Crippen LogP contribution in [0.2, 0.25) is 0 Å². The second-order valence-electron chi connectivity index (χ2n) is 3.02. The van der Waals surface area contributed by atoms with E-state index in [9.17, 15) is 13.2 Å². The Morgan fingerprint density at radius 3 is 2.43 bits per heavy atom. The molecule has 0 spiro atoms. The van der Waals surface area contributed by atoms with Crippen molar-refractivity contribution in [3.63, 3.8) is 0 Å². The molecule has 0 radical (unpaired) electrons. The second-order valence-corrected chi connectivity index (χ2v) is 5.20. The molecule has 0 rings (SSSR count). The Balaban J connectivity index is 3.79. The van der Waals surface area contributed by atoms with E-state index < -0.39 is 21.6 Å². The third-order valence-corrected chi connectivity index (χ3v) is 3.31. The topological polar surface area (TPSA) is 86.5 Å². The Kier molecular flexibility index (Phi) is 6.48. The van der Waals surface area contributed by atoms with E-state index >= 15 is 0 Å². The van der Waals surface area contributed by atoms with E-state index in [1.807, 2.05) is 0 Å². The summed E-state index contributed by atoms with van der Waals surface area (Å²) in [7, 11) is -2.12. The molecule has 0 aliphatic heterocycles. The molecule has 0 atom stereocenters. The summed E-state index contributed by atoms with van der Waals surface area (Å²) < 4.78 is 26.7. The summed E-state index contributed by atoms with van der Waals surface area (Å²) >= 11 is 0. The normalized spacial score (nSPS) is 11.3. The van der Waals surface area contributed by atoms with Gasteiger partial charge in [0.2, 0.25) is 0 Å². The zero-order valence-electron chi connectivity index (χ0n) is 8.36. The minimum atomic E-state index is -3.29. The van der Waals surface area contributed by atoms with Gasteiger partial charge in [-0.3, -0.25) is 4.79 Å². The van der Waals surface area contributed by atoms with Gasteiger partial charge in [0, 0.05) is 0 Å². The van der Waals surface area contributed by atoms with Crippen molar-refractivity contribution in [3.05, 3.63) is 0 Å². The molecule has 0 bridgehead atoms. The lowest BCUT2D eigenvalue weighted by Crippen LogP contribution is -2.20. The minimum Gasteiger partial charge on any atom is -0.468 e. The number of methoxy groups -OCH3 is 1. The van der Waals surface area contributed by atoms with Crippen molar-refractivity contribution in [2.45, 2.75) is 19.3 Å². The average Bonchev–Trinajstić information content (AvgIpc) is 2.12. The summed E-state index contributed by atoms with van der Waals surface area (Å²) in [6, 6.07) is 0. The Morgan fingerprint density at radius 1 is 1.29 bits per heavy atom. The molecule has 14 heavy (non-hydrogen) atoms. The van der Waals surface area contributed by atoms with Crippen LogP contribution in [-0.4, -0.2) is 39.5 Å². The molecule has 0 aliphatic carbocycles. The molecule has 0 amide bonds. The molecule has 0 aromatic carbocycles. The molecular weight excluding hydrogens is 206 g/mol. The lowest BCUT2D eigenvalue weighted by Gasteiger charge is -2.02. The summed E-state index contributed by atoms with van der Waals surface area (Å²) in [5, 5.41) is 0. The molecule has 84 valence electrons. The maximum atomic E-state index is 11.2. The summed E-state index contributed by atoms with van der Waals surface area (Å²) in [6.07, 6.45) is 2.14. The van der Waals surface area contributed by atoms with Crippen molar-refractivity contribution in [1.82, 2.24) is 0 Å². The fourth-order valence-corrected chi connectivity index (χ4v) is 2.22. The Bertz CT molecular complexity index is 261. The average molecular weight is 223 g/mol. The van der Waals surface area contributed by atoms with Gasteiger partial charge in [0.1, 0.15) is 5.75 Å². The molecule has 0 saturated heterocycles. The van der Waals surface area contributed by atoms with Crippen LogP contribution in [0.25, 0.3) is 0 Å². The predicted octanol–water partition coefficient (Wildman–Crippen LogP) is -0.297. The molecule has 2 N–H and O–H groups in total. The van der Waals surface area contributed by atoms with Gasteiger partial charge in [-0.2, -0.15) is 0 Å².